The number of pyridine rings is 1. The van der Waals surface area contributed by atoms with Crippen LogP contribution in [0.5, 0.6) is 11.5 Å². The molecule has 2 amide bonds. The van der Waals surface area contributed by atoms with Crippen LogP contribution in [0.2, 0.25) is 0 Å². The van der Waals surface area contributed by atoms with Crippen LogP contribution in [0.4, 0.5) is 20.6 Å². The van der Waals surface area contributed by atoms with Crippen LogP contribution in [0.25, 0.3) is 22.3 Å². The maximum absolute atomic E-state index is 13.3. The van der Waals surface area contributed by atoms with Crippen molar-refractivity contribution in [1.82, 2.24) is 15.0 Å². The van der Waals surface area contributed by atoms with E-state index in [9.17, 15) is 9.18 Å². The van der Waals surface area contributed by atoms with E-state index in [0.29, 0.717) is 28.4 Å². The molecule has 7 nitrogen and oxygen atoms in total. The monoisotopic (exact) mass is 451 g/mol. The molecule has 3 aromatic carbocycles. The molecule has 0 fully saturated rings. The van der Waals surface area contributed by atoms with Crippen molar-refractivity contribution in [2.24, 2.45) is 0 Å². The average Bonchev–Trinajstić information content (AvgIpc) is 2.85. The summed E-state index contributed by atoms with van der Waals surface area (Å²) in [4.78, 5) is 25.4. The maximum Gasteiger partial charge on any atom is 0.323 e. The molecule has 0 atom stereocenters. The minimum absolute atomic E-state index is 0.364. The second-order valence-corrected chi connectivity index (χ2v) is 7.36. The van der Waals surface area contributed by atoms with Gasteiger partial charge in [-0.3, -0.25) is 9.97 Å². The zero-order valence-corrected chi connectivity index (χ0v) is 17.8. The van der Waals surface area contributed by atoms with Gasteiger partial charge >= 0.3 is 6.03 Å². The number of amides is 2. The zero-order chi connectivity index (χ0) is 23.3. The van der Waals surface area contributed by atoms with Gasteiger partial charge in [0.15, 0.2) is 0 Å². The fourth-order valence-electron chi connectivity index (χ4n) is 3.31. The molecule has 34 heavy (non-hydrogen) atoms. The number of fused-ring (bicyclic) bond motifs is 1. The van der Waals surface area contributed by atoms with E-state index in [1.54, 1.807) is 48.9 Å². The van der Waals surface area contributed by atoms with Gasteiger partial charge in [0.2, 0.25) is 0 Å². The van der Waals surface area contributed by atoms with Crippen LogP contribution in [0.1, 0.15) is 0 Å². The van der Waals surface area contributed by atoms with Gasteiger partial charge in [-0.05, 0) is 66.7 Å². The molecule has 5 rings (SSSR count). The van der Waals surface area contributed by atoms with Crippen molar-refractivity contribution in [2.75, 3.05) is 10.6 Å². The number of urea groups is 1. The van der Waals surface area contributed by atoms with E-state index >= 15 is 0 Å². The highest BCUT2D eigenvalue weighted by atomic mass is 19.1. The summed E-state index contributed by atoms with van der Waals surface area (Å²) >= 11 is 0. The smallest absolute Gasteiger partial charge is 0.323 e. The number of halogens is 1. The van der Waals surface area contributed by atoms with Gasteiger partial charge in [-0.1, -0.05) is 6.07 Å². The zero-order valence-electron chi connectivity index (χ0n) is 17.8. The Morgan fingerprint density at radius 1 is 0.794 bits per heavy atom. The molecule has 166 valence electrons. The van der Waals surface area contributed by atoms with Crippen LogP contribution in [0.3, 0.4) is 0 Å². The lowest BCUT2D eigenvalue weighted by atomic mass is 10.2. The third-order valence-electron chi connectivity index (χ3n) is 4.90. The Hall–Kier alpha value is -4.85. The Labute approximate surface area is 194 Å². The highest BCUT2D eigenvalue weighted by Crippen LogP contribution is 2.27. The first-order chi connectivity index (χ1) is 16.6. The lowest BCUT2D eigenvalue weighted by Crippen LogP contribution is -2.19. The predicted octanol–water partition coefficient (Wildman–Crippen LogP) is 6.27. The van der Waals surface area contributed by atoms with E-state index in [1.807, 2.05) is 30.3 Å². The first-order valence-corrected chi connectivity index (χ1v) is 10.4. The van der Waals surface area contributed by atoms with Gasteiger partial charge in [-0.25, -0.2) is 14.2 Å². The van der Waals surface area contributed by atoms with E-state index in [0.717, 1.165) is 16.8 Å². The molecular formula is C26H18FN5O2. The van der Waals surface area contributed by atoms with Crippen molar-refractivity contribution in [3.63, 3.8) is 0 Å². The molecule has 0 saturated heterocycles. The highest BCUT2D eigenvalue weighted by Gasteiger charge is 2.07. The Bertz CT molecular complexity index is 1460. The number of rotatable bonds is 5. The standard InChI is InChI=1S/C26H18FN5O2/c27-18-4-1-5-20(13-18)31-26(33)30-19-6-8-21(9-7-19)34-22-10-11-23-24(14-22)32-25(16-29-23)17-3-2-12-28-15-17/h1-16H,(H2,30,31,33). The van der Waals surface area contributed by atoms with E-state index in [4.69, 9.17) is 4.74 Å². The van der Waals surface area contributed by atoms with Gasteiger partial charge in [0.1, 0.15) is 17.3 Å². The van der Waals surface area contributed by atoms with Crippen LogP contribution < -0.4 is 15.4 Å². The summed E-state index contributed by atoms with van der Waals surface area (Å²) in [5, 5.41) is 5.28. The van der Waals surface area contributed by atoms with Gasteiger partial charge in [-0.15, -0.1) is 0 Å². The number of ether oxygens (including phenoxy) is 1. The summed E-state index contributed by atoms with van der Waals surface area (Å²) in [5.41, 5.74) is 3.99. The Kier molecular flexibility index (Phi) is 5.77. The normalized spacial score (nSPS) is 10.6. The second-order valence-electron chi connectivity index (χ2n) is 7.36. The van der Waals surface area contributed by atoms with Gasteiger partial charge in [0.05, 0.1) is 22.9 Å². The molecule has 2 heterocycles. The predicted molar refractivity (Wildman–Crippen MR) is 128 cm³/mol. The summed E-state index contributed by atoms with van der Waals surface area (Å²) in [6.45, 7) is 0. The van der Waals surface area contributed by atoms with Crippen molar-refractivity contribution in [1.29, 1.82) is 0 Å². The van der Waals surface area contributed by atoms with Crippen LogP contribution in [-0.2, 0) is 0 Å². The summed E-state index contributed by atoms with van der Waals surface area (Å²) in [7, 11) is 0. The lowest BCUT2D eigenvalue weighted by molar-refractivity contribution is 0.262. The van der Waals surface area contributed by atoms with E-state index in [1.165, 1.54) is 18.2 Å². The summed E-state index contributed by atoms with van der Waals surface area (Å²) in [5.74, 6) is 0.772. The largest absolute Gasteiger partial charge is 0.457 e. The summed E-state index contributed by atoms with van der Waals surface area (Å²) in [6, 6.07) is 21.4. The fraction of sp³-hybridized carbons (Fsp3) is 0. The number of benzene rings is 3. The number of aromatic nitrogens is 3. The second kappa shape index (κ2) is 9.33. The summed E-state index contributed by atoms with van der Waals surface area (Å²) < 4.78 is 19.2. The van der Waals surface area contributed by atoms with Crippen LogP contribution in [0.15, 0.2) is 97.5 Å². The number of nitrogens with zero attached hydrogens (tertiary/aromatic N) is 3. The van der Waals surface area contributed by atoms with Crippen molar-refractivity contribution < 1.29 is 13.9 Å². The van der Waals surface area contributed by atoms with E-state index in [2.05, 4.69) is 25.6 Å². The van der Waals surface area contributed by atoms with Gasteiger partial charge in [0.25, 0.3) is 0 Å². The fourth-order valence-corrected chi connectivity index (χ4v) is 3.31. The molecule has 0 bridgehead atoms. The molecule has 2 N–H and O–H groups in total. The minimum Gasteiger partial charge on any atom is -0.457 e. The lowest BCUT2D eigenvalue weighted by Gasteiger charge is -2.10. The van der Waals surface area contributed by atoms with Gasteiger partial charge in [-0.2, -0.15) is 0 Å². The van der Waals surface area contributed by atoms with Crippen molar-refractivity contribution >= 4 is 28.4 Å². The molecule has 5 aromatic rings. The van der Waals surface area contributed by atoms with Crippen LogP contribution >= 0.6 is 0 Å². The number of carbonyl (C=O) groups is 1. The molecule has 0 unspecified atom stereocenters. The number of hydrogen-bond acceptors (Lipinski definition) is 5. The molecular weight excluding hydrogens is 433 g/mol. The first-order valence-electron chi connectivity index (χ1n) is 10.4. The van der Waals surface area contributed by atoms with Crippen molar-refractivity contribution in [2.45, 2.75) is 0 Å². The molecule has 8 heteroatoms. The minimum atomic E-state index is -0.475. The Morgan fingerprint density at radius 3 is 2.41 bits per heavy atom. The van der Waals surface area contributed by atoms with Crippen LogP contribution in [0, 0.1) is 5.82 Å². The Morgan fingerprint density at radius 2 is 1.62 bits per heavy atom. The van der Waals surface area contributed by atoms with Crippen molar-refractivity contribution in [3.05, 3.63) is 103 Å². The number of carbonyl (C=O) groups excluding carboxylic acids is 1. The van der Waals surface area contributed by atoms with Gasteiger partial charge in [0, 0.05) is 35.4 Å². The van der Waals surface area contributed by atoms with Crippen molar-refractivity contribution in [3.8, 4) is 22.8 Å². The molecule has 0 aliphatic rings. The third kappa shape index (κ3) is 4.97. The molecule has 0 saturated carbocycles. The van der Waals surface area contributed by atoms with Crippen LogP contribution in [-0.4, -0.2) is 21.0 Å². The van der Waals surface area contributed by atoms with E-state index in [-0.39, 0.29) is 0 Å². The Balaban J connectivity index is 1.26. The molecule has 2 aromatic heterocycles. The SMILES string of the molecule is O=C(Nc1ccc(Oc2ccc3ncc(-c4cccnc4)nc3c2)cc1)Nc1cccc(F)c1. The number of hydrogen-bond donors (Lipinski definition) is 2. The third-order valence-corrected chi connectivity index (χ3v) is 4.90. The van der Waals surface area contributed by atoms with Gasteiger partial charge < -0.3 is 15.4 Å². The first kappa shape index (κ1) is 21.0. The highest BCUT2D eigenvalue weighted by molar-refractivity contribution is 5.99. The van der Waals surface area contributed by atoms with E-state index < -0.39 is 11.8 Å². The quantitative estimate of drug-likeness (QED) is 0.329. The average molecular weight is 451 g/mol. The number of nitrogens with one attached hydrogen (secondary N) is 2. The maximum atomic E-state index is 13.3. The molecule has 0 radical (unpaired) electrons. The topological polar surface area (TPSA) is 89.0 Å². The summed E-state index contributed by atoms with van der Waals surface area (Å²) in [6.07, 6.45) is 5.17. The molecule has 0 aliphatic carbocycles. The molecule has 0 aliphatic heterocycles. The molecule has 0 spiro atoms. The number of anilines is 2.